The van der Waals surface area contributed by atoms with Crippen LogP contribution in [0.25, 0.3) is 0 Å². The number of nitrogens with one attached hydrogen (secondary N) is 1. The number of aromatic nitrogens is 1. The molecule has 0 bridgehead atoms. The lowest BCUT2D eigenvalue weighted by atomic mass is 10.3. The SMILES string of the molecule is Nc1ncccc1Nc1ccc(F)c(F)c1. The van der Waals surface area contributed by atoms with E-state index in [1.54, 1.807) is 18.3 Å². The molecule has 0 aliphatic rings. The van der Waals surface area contributed by atoms with Crippen molar-refractivity contribution in [2.75, 3.05) is 11.1 Å². The normalized spacial score (nSPS) is 10.1. The Morgan fingerprint density at radius 1 is 1.12 bits per heavy atom. The van der Waals surface area contributed by atoms with Crippen molar-refractivity contribution in [2.45, 2.75) is 0 Å². The first-order valence-electron chi connectivity index (χ1n) is 4.59. The van der Waals surface area contributed by atoms with Crippen LogP contribution in [0.15, 0.2) is 36.5 Å². The second-order valence-corrected chi connectivity index (χ2v) is 3.19. The van der Waals surface area contributed by atoms with Crippen molar-refractivity contribution < 1.29 is 8.78 Å². The summed E-state index contributed by atoms with van der Waals surface area (Å²) in [4.78, 5) is 3.86. The number of hydrogen-bond acceptors (Lipinski definition) is 3. The number of benzene rings is 1. The smallest absolute Gasteiger partial charge is 0.160 e. The fourth-order valence-corrected chi connectivity index (χ4v) is 1.25. The molecule has 2 rings (SSSR count). The van der Waals surface area contributed by atoms with Gasteiger partial charge in [0.2, 0.25) is 0 Å². The van der Waals surface area contributed by atoms with Crippen LogP contribution in [-0.4, -0.2) is 4.98 Å². The van der Waals surface area contributed by atoms with E-state index in [2.05, 4.69) is 10.3 Å². The zero-order valence-electron chi connectivity index (χ0n) is 8.24. The summed E-state index contributed by atoms with van der Waals surface area (Å²) in [5, 5.41) is 2.85. The summed E-state index contributed by atoms with van der Waals surface area (Å²) in [5.74, 6) is -1.50. The molecule has 0 unspecified atom stereocenters. The van der Waals surface area contributed by atoms with Gasteiger partial charge in [-0.1, -0.05) is 0 Å². The largest absolute Gasteiger partial charge is 0.382 e. The fraction of sp³-hybridized carbons (Fsp3) is 0. The molecule has 3 N–H and O–H groups in total. The minimum Gasteiger partial charge on any atom is -0.382 e. The minimum atomic E-state index is -0.910. The van der Waals surface area contributed by atoms with Crippen molar-refractivity contribution in [3.05, 3.63) is 48.2 Å². The summed E-state index contributed by atoms with van der Waals surface area (Å²) in [5.41, 5.74) is 6.56. The van der Waals surface area contributed by atoms with Crippen LogP contribution in [0.4, 0.5) is 26.0 Å². The van der Waals surface area contributed by atoms with E-state index >= 15 is 0 Å². The lowest BCUT2D eigenvalue weighted by molar-refractivity contribution is 0.509. The Labute approximate surface area is 90.9 Å². The number of pyridine rings is 1. The van der Waals surface area contributed by atoms with Gasteiger partial charge in [0.1, 0.15) is 5.82 Å². The molecule has 0 saturated heterocycles. The Kier molecular flexibility index (Phi) is 2.68. The monoisotopic (exact) mass is 221 g/mol. The summed E-state index contributed by atoms with van der Waals surface area (Å²) < 4.78 is 25.6. The van der Waals surface area contributed by atoms with Gasteiger partial charge in [-0.25, -0.2) is 13.8 Å². The van der Waals surface area contributed by atoms with E-state index in [-0.39, 0.29) is 0 Å². The average molecular weight is 221 g/mol. The molecule has 0 aliphatic heterocycles. The molecular formula is C11H9F2N3. The molecule has 5 heteroatoms. The van der Waals surface area contributed by atoms with E-state index in [1.165, 1.54) is 6.07 Å². The standard InChI is InChI=1S/C11H9F2N3/c12-8-4-3-7(6-9(8)13)16-10-2-1-5-15-11(10)14/h1-6,16H,(H2,14,15). The first kappa shape index (κ1) is 10.4. The Hall–Kier alpha value is -2.17. The summed E-state index contributed by atoms with van der Waals surface area (Å²) in [6.07, 6.45) is 1.55. The quantitative estimate of drug-likeness (QED) is 0.819. The molecular weight excluding hydrogens is 212 g/mol. The van der Waals surface area contributed by atoms with Gasteiger partial charge in [-0.2, -0.15) is 0 Å². The van der Waals surface area contributed by atoms with E-state index in [9.17, 15) is 8.78 Å². The number of nitrogens with two attached hydrogens (primary N) is 1. The predicted molar refractivity (Wildman–Crippen MR) is 58.3 cm³/mol. The second kappa shape index (κ2) is 4.14. The van der Waals surface area contributed by atoms with Gasteiger partial charge >= 0.3 is 0 Å². The van der Waals surface area contributed by atoms with E-state index in [0.29, 0.717) is 17.2 Å². The molecule has 1 aromatic heterocycles. The van der Waals surface area contributed by atoms with Crippen LogP contribution in [0.3, 0.4) is 0 Å². The van der Waals surface area contributed by atoms with E-state index in [1.807, 2.05) is 0 Å². The van der Waals surface area contributed by atoms with Crippen molar-refractivity contribution in [1.82, 2.24) is 4.98 Å². The van der Waals surface area contributed by atoms with Crippen molar-refractivity contribution in [2.24, 2.45) is 0 Å². The topological polar surface area (TPSA) is 50.9 Å². The highest BCUT2D eigenvalue weighted by Gasteiger charge is 2.04. The molecule has 0 saturated carbocycles. The lowest BCUT2D eigenvalue weighted by Crippen LogP contribution is -1.98. The number of anilines is 3. The summed E-state index contributed by atoms with van der Waals surface area (Å²) in [6, 6.07) is 6.92. The maximum atomic E-state index is 12.9. The molecule has 2 aromatic rings. The van der Waals surface area contributed by atoms with Crippen LogP contribution in [-0.2, 0) is 0 Å². The fourth-order valence-electron chi connectivity index (χ4n) is 1.25. The van der Waals surface area contributed by atoms with Crippen LogP contribution in [0, 0.1) is 11.6 Å². The Bertz CT molecular complexity index is 514. The Balaban J connectivity index is 2.28. The Morgan fingerprint density at radius 2 is 1.94 bits per heavy atom. The highest BCUT2D eigenvalue weighted by Crippen LogP contribution is 2.21. The minimum absolute atomic E-state index is 0.298. The Morgan fingerprint density at radius 3 is 2.62 bits per heavy atom. The van der Waals surface area contributed by atoms with Gasteiger partial charge in [0.15, 0.2) is 11.6 Å². The summed E-state index contributed by atoms with van der Waals surface area (Å²) >= 11 is 0. The number of halogens is 2. The molecule has 0 radical (unpaired) electrons. The van der Waals surface area contributed by atoms with Crippen LogP contribution in [0.1, 0.15) is 0 Å². The number of nitrogen functional groups attached to an aromatic ring is 1. The molecule has 0 aliphatic carbocycles. The second-order valence-electron chi connectivity index (χ2n) is 3.19. The van der Waals surface area contributed by atoms with E-state index in [0.717, 1.165) is 12.1 Å². The third kappa shape index (κ3) is 2.08. The van der Waals surface area contributed by atoms with Gasteiger partial charge in [-0.05, 0) is 24.3 Å². The van der Waals surface area contributed by atoms with Gasteiger partial charge in [0.25, 0.3) is 0 Å². The first-order chi connectivity index (χ1) is 7.66. The van der Waals surface area contributed by atoms with Gasteiger partial charge in [-0.3, -0.25) is 0 Å². The van der Waals surface area contributed by atoms with Gasteiger partial charge < -0.3 is 11.1 Å². The molecule has 0 fully saturated rings. The predicted octanol–water partition coefficient (Wildman–Crippen LogP) is 2.69. The third-order valence-corrected chi connectivity index (χ3v) is 2.04. The van der Waals surface area contributed by atoms with Gasteiger partial charge in [0.05, 0.1) is 5.69 Å². The van der Waals surface area contributed by atoms with Crippen molar-refractivity contribution in [3.8, 4) is 0 Å². The van der Waals surface area contributed by atoms with Gasteiger partial charge in [-0.15, -0.1) is 0 Å². The molecule has 0 amide bonds. The first-order valence-corrected chi connectivity index (χ1v) is 4.59. The van der Waals surface area contributed by atoms with E-state index in [4.69, 9.17) is 5.73 Å². The molecule has 16 heavy (non-hydrogen) atoms. The van der Waals surface area contributed by atoms with Crippen LogP contribution >= 0.6 is 0 Å². The third-order valence-electron chi connectivity index (χ3n) is 2.04. The zero-order valence-corrected chi connectivity index (χ0v) is 8.24. The van der Waals surface area contributed by atoms with Crippen molar-refractivity contribution in [3.63, 3.8) is 0 Å². The van der Waals surface area contributed by atoms with Crippen molar-refractivity contribution >= 4 is 17.2 Å². The molecule has 82 valence electrons. The average Bonchev–Trinajstić information content (AvgIpc) is 2.27. The van der Waals surface area contributed by atoms with Crippen LogP contribution in [0.2, 0.25) is 0 Å². The number of rotatable bonds is 2. The lowest BCUT2D eigenvalue weighted by Gasteiger charge is -2.08. The maximum Gasteiger partial charge on any atom is 0.160 e. The molecule has 0 atom stereocenters. The molecule has 3 nitrogen and oxygen atoms in total. The molecule has 1 aromatic carbocycles. The van der Waals surface area contributed by atoms with Crippen molar-refractivity contribution in [1.29, 1.82) is 0 Å². The highest BCUT2D eigenvalue weighted by atomic mass is 19.2. The summed E-state index contributed by atoms with van der Waals surface area (Å²) in [6.45, 7) is 0. The zero-order chi connectivity index (χ0) is 11.5. The highest BCUT2D eigenvalue weighted by molar-refractivity contribution is 5.69. The number of hydrogen-bond donors (Lipinski definition) is 2. The number of nitrogens with zero attached hydrogens (tertiary/aromatic N) is 1. The molecule has 0 spiro atoms. The van der Waals surface area contributed by atoms with Gasteiger partial charge in [0, 0.05) is 18.0 Å². The summed E-state index contributed by atoms with van der Waals surface area (Å²) in [7, 11) is 0. The van der Waals surface area contributed by atoms with Crippen LogP contribution in [0.5, 0.6) is 0 Å². The van der Waals surface area contributed by atoms with Crippen LogP contribution < -0.4 is 11.1 Å². The van der Waals surface area contributed by atoms with E-state index < -0.39 is 11.6 Å². The molecule has 1 heterocycles. The maximum absolute atomic E-state index is 12.9.